The normalized spacial score (nSPS) is 12.2. The van der Waals surface area contributed by atoms with Crippen molar-refractivity contribution in [2.45, 2.75) is 13.8 Å². The molecular formula is C12H16BrNO2S. The first kappa shape index (κ1) is 14.4. The van der Waals surface area contributed by atoms with Gasteiger partial charge < -0.3 is 5.32 Å². The van der Waals surface area contributed by atoms with Gasteiger partial charge in [0, 0.05) is 38.9 Å². The van der Waals surface area contributed by atoms with Gasteiger partial charge in [0.1, 0.15) is 0 Å². The Morgan fingerprint density at radius 3 is 2.82 bits per heavy atom. The Morgan fingerprint density at radius 2 is 2.18 bits per heavy atom. The SMILES string of the molecule is CCS(=O)CCNC(=O)c1cccc(Br)c1C. The van der Waals surface area contributed by atoms with E-state index in [0.717, 1.165) is 10.0 Å². The molecule has 1 aromatic rings. The smallest absolute Gasteiger partial charge is 0.251 e. The highest BCUT2D eigenvalue weighted by molar-refractivity contribution is 9.10. The van der Waals surface area contributed by atoms with Crippen LogP contribution in [0.5, 0.6) is 0 Å². The second-order valence-corrected chi connectivity index (χ2v) is 6.32. The van der Waals surface area contributed by atoms with Crippen molar-refractivity contribution < 1.29 is 9.00 Å². The van der Waals surface area contributed by atoms with Crippen LogP contribution >= 0.6 is 15.9 Å². The summed E-state index contributed by atoms with van der Waals surface area (Å²) in [4.78, 5) is 11.9. The Hall–Kier alpha value is -0.680. The maximum absolute atomic E-state index is 11.9. The van der Waals surface area contributed by atoms with Crippen LogP contribution in [0.4, 0.5) is 0 Å². The minimum absolute atomic E-state index is 0.114. The third kappa shape index (κ3) is 4.24. The second kappa shape index (κ2) is 6.91. The summed E-state index contributed by atoms with van der Waals surface area (Å²) in [7, 11) is -0.834. The van der Waals surface area contributed by atoms with Crippen LogP contribution in [0.25, 0.3) is 0 Å². The van der Waals surface area contributed by atoms with Gasteiger partial charge in [-0.25, -0.2) is 0 Å². The summed E-state index contributed by atoms with van der Waals surface area (Å²) in [6.45, 7) is 4.21. The van der Waals surface area contributed by atoms with Crippen molar-refractivity contribution in [3.63, 3.8) is 0 Å². The van der Waals surface area contributed by atoms with Gasteiger partial charge in [0.15, 0.2) is 0 Å². The average molecular weight is 318 g/mol. The molecule has 0 fully saturated rings. The highest BCUT2D eigenvalue weighted by Crippen LogP contribution is 2.19. The number of amides is 1. The molecule has 0 aliphatic rings. The lowest BCUT2D eigenvalue weighted by atomic mass is 10.1. The Balaban J connectivity index is 2.59. The fraction of sp³-hybridized carbons (Fsp3) is 0.417. The summed E-state index contributed by atoms with van der Waals surface area (Å²) in [5.74, 6) is 1.03. The molecule has 5 heteroatoms. The first-order chi connectivity index (χ1) is 8.06. The number of nitrogens with one attached hydrogen (secondary N) is 1. The van der Waals surface area contributed by atoms with Crippen molar-refractivity contribution in [3.05, 3.63) is 33.8 Å². The molecule has 1 atom stereocenters. The molecule has 17 heavy (non-hydrogen) atoms. The second-order valence-electron chi connectivity index (χ2n) is 3.60. The number of hydrogen-bond donors (Lipinski definition) is 1. The Morgan fingerprint density at radius 1 is 1.47 bits per heavy atom. The van der Waals surface area contributed by atoms with Gasteiger partial charge in [-0.2, -0.15) is 0 Å². The van der Waals surface area contributed by atoms with E-state index in [2.05, 4.69) is 21.2 Å². The molecule has 0 bridgehead atoms. The van der Waals surface area contributed by atoms with Crippen molar-refractivity contribution in [1.82, 2.24) is 5.32 Å². The fourth-order valence-electron chi connectivity index (χ4n) is 1.37. The van der Waals surface area contributed by atoms with Gasteiger partial charge >= 0.3 is 0 Å². The topological polar surface area (TPSA) is 46.2 Å². The van der Waals surface area contributed by atoms with Crippen LogP contribution < -0.4 is 5.32 Å². The van der Waals surface area contributed by atoms with Gasteiger partial charge in [0.25, 0.3) is 5.91 Å². The molecule has 0 heterocycles. The van der Waals surface area contributed by atoms with Crippen molar-refractivity contribution in [2.75, 3.05) is 18.1 Å². The first-order valence-electron chi connectivity index (χ1n) is 5.44. The summed E-state index contributed by atoms with van der Waals surface area (Å²) in [6, 6.07) is 5.51. The zero-order chi connectivity index (χ0) is 12.8. The van der Waals surface area contributed by atoms with E-state index >= 15 is 0 Å². The van der Waals surface area contributed by atoms with Gasteiger partial charge in [0.05, 0.1) is 0 Å². The summed E-state index contributed by atoms with van der Waals surface area (Å²) in [6.07, 6.45) is 0. The number of benzene rings is 1. The number of hydrogen-bond acceptors (Lipinski definition) is 2. The predicted molar refractivity (Wildman–Crippen MR) is 74.8 cm³/mol. The standard InChI is InChI=1S/C12H16BrNO2S/c1-3-17(16)8-7-14-12(15)10-5-4-6-11(13)9(10)2/h4-6H,3,7-8H2,1-2H3,(H,14,15). The highest BCUT2D eigenvalue weighted by atomic mass is 79.9. The summed E-state index contributed by atoms with van der Waals surface area (Å²) in [5, 5.41) is 2.78. The lowest BCUT2D eigenvalue weighted by Gasteiger charge is -2.08. The van der Waals surface area contributed by atoms with Crippen LogP contribution in [0.3, 0.4) is 0 Å². The van der Waals surface area contributed by atoms with Crippen LogP contribution in [0, 0.1) is 6.92 Å². The fourth-order valence-corrected chi connectivity index (χ4v) is 2.36. The van der Waals surface area contributed by atoms with E-state index in [1.807, 2.05) is 26.0 Å². The lowest BCUT2D eigenvalue weighted by molar-refractivity contribution is 0.0955. The molecule has 1 rings (SSSR count). The monoisotopic (exact) mass is 317 g/mol. The van der Waals surface area contributed by atoms with Crippen LogP contribution in [0.2, 0.25) is 0 Å². The zero-order valence-corrected chi connectivity index (χ0v) is 12.4. The molecule has 1 amide bonds. The van der Waals surface area contributed by atoms with Gasteiger partial charge in [-0.3, -0.25) is 9.00 Å². The maximum atomic E-state index is 11.9. The van der Waals surface area contributed by atoms with Gasteiger partial charge in [-0.05, 0) is 24.6 Å². The van der Waals surface area contributed by atoms with Crippen molar-refractivity contribution >= 4 is 32.6 Å². The number of rotatable bonds is 5. The Labute approximate surface area is 113 Å². The molecule has 0 aliphatic heterocycles. The van der Waals surface area contributed by atoms with E-state index < -0.39 is 10.8 Å². The Kier molecular flexibility index (Phi) is 5.85. The number of halogens is 1. The predicted octanol–water partition coefficient (Wildman–Crippen LogP) is 2.26. The molecule has 0 saturated carbocycles. The molecule has 1 N–H and O–H groups in total. The number of carbonyl (C=O) groups is 1. The van der Waals surface area contributed by atoms with Gasteiger partial charge in [0.2, 0.25) is 0 Å². The van der Waals surface area contributed by atoms with Gasteiger partial charge in [-0.1, -0.05) is 28.9 Å². The summed E-state index contributed by atoms with van der Waals surface area (Å²) >= 11 is 3.39. The first-order valence-corrected chi connectivity index (χ1v) is 7.72. The van der Waals surface area contributed by atoms with Crippen molar-refractivity contribution in [3.8, 4) is 0 Å². The largest absolute Gasteiger partial charge is 0.351 e. The molecule has 0 aliphatic carbocycles. The van der Waals surface area contributed by atoms with Crippen LogP contribution in [-0.4, -0.2) is 28.2 Å². The van der Waals surface area contributed by atoms with E-state index in [1.54, 1.807) is 6.07 Å². The zero-order valence-electron chi connectivity index (χ0n) is 9.96. The van der Waals surface area contributed by atoms with Gasteiger partial charge in [-0.15, -0.1) is 0 Å². The third-order valence-electron chi connectivity index (χ3n) is 2.45. The lowest BCUT2D eigenvalue weighted by Crippen LogP contribution is -2.28. The minimum Gasteiger partial charge on any atom is -0.351 e. The van der Waals surface area contributed by atoms with Crippen LogP contribution in [-0.2, 0) is 10.8 Å². The summed E-state index contributed by atoms with van der Waals surface area (Å²) in [5.41, 5.74) is 1.57. The molecule has 1 aromatic carbocycles. The van der Waals surface area contributed by atoms with Crippen LogP contribution in [0.1, 0.15) is 22.8 Å². The molecule has 0 spiro atoms. The van der Waals surface area contributed by atoms with Crippen molar-refractivity contribution in [1.29, 1.82) is 0 Å². The molecule has 0 radical (unpaired) electrons. The molecule has 1 unspecified atom stereocenters. The number of carbonyl (C=O) groups excluding carboxylic acids is 1. The average Bonchev–Trinajstić information content (AvgIpc) is 2.32. The molecule has 0 aromatic heterocycles. The van der Waals surface area contributed by atoms with Crippen LogP contribution in [0.15, 0.2) is 22.7 Å². The molecular weight excluding hydrogens is 302 g/mol. The maximum Gasteiger partial charge on any atom is 0.251 e. The van der Waals surface area contributed by atoms with Crippen molar-refractivity contribution in [2.24, 2.45) is 0 Å². The van der Waals surface area contributed by atoms with E-state index in [9.17, 15) is 9.00 Å². The van der Waals surface area contributed by atoms with E-state index in [-0.39, 0.29) is 5.91 Å². The molecule has 3 nitrogen and oxygen atoms in total. The summed E-state index contributed by atoms with van der Waals surface area (Å²) < 4.78 is 12.1. The minimum atomic E-state index is -0.834. The quantitative estimate of drug-likeness (QED) is 0.905. The third-order valence-corrected chi connectivity index (χ3v) is 4.61. The molecule has 94 valence electrons. The van der Waals surface area contributed by atoms with E-state index in [1.165, 1.54) is 0 Å². The van der Waals surface area contributed by atoms with E-state index in [4.69, 9.17) is 0 Å². The Bertz CT molecular complexity index is 435. The molecule has 0 saturated heterocycles. The highest BCUT2D eigenvalue weighted by Gasteiger charge is 2.10. The van der Waals surface area contributed by atoms with E-state index in [0.29, 0.717) is 23.6 Å².